The molecule has 0 bridgehead atoms. The molecule has 0 spiro atoms. The Hall–Kier alpha value is -0.376. The van der Waals surface area contributed by atoms with Crippen LogP contribution in [0.2, 0.25) is 36.3 Å². The highest BCUT2D eigenvalue weighted by atomic mass is 28.4. The Bertz CT molecular complexity index is 394. The molecule has 7 heteroatoms. The van der Waals surface area contributed by atoms with Gasteiger partial charge in [-0.2, -0.15) is 0 Å². The van der Waals surface area contributed by atoms with Crippen LogP contribution in [0, 0.1) is 0 Å². The first kappa shape index (κ1) is 22.6. The molecular weight excluding hydrogens is 328 g/mol. The van der Waals surface area contributed by atoms with Gasteiger partial charge < -0.3 is 18.7 Å². The van der Waals surface area contributed by atoms with Crippen LogP contribution in [0.25, 0.3) is 0 Å². The number of carbonyl (C=O) groups is 1. The van der Waals surface area contributed by atoms with Crippen molar-refractivity contribution in [2.75, 3.05) is 13.2 Å². The van der Waals surface area contributed by atoms with Crippen LogP contribution in [0.4, 0.5) is 4.79 Å². The van der Waals surface area contributed by atoms with E-state index in [-0.39, 0.29) is 22.8 Å². The van der Waals surface area contributed by atoms with Gasteiger partial charge >= 0.3 is 6.16 Å². The smallest absolute Gasteiger partial charge is 0.450 e. The van der Waals surface area contributed by atoms with E-state index in [0.29, 0.717) is 6.61 Å². The zero-order valence-corrected chi connectivity index (χ0v) is 18.6. The van der Waals surface area contributed by atoms with Gasteiger partial charge in [-0.05, 0) is 36.3 Å². The van der Waals surface area contributed by atoms with Crippen molar-refractivity contribution >= 4 is 22.8 Å². The first-order chi connectivity index (χ1) is 9.99. The van der Waals surface area contributed by atoms with Gasteiger partial charge in [0.25, 0.3) is 0 Å². The number of carboxylic acid groups (broad SMARTS) is 1. The SMILES string of the molecule is CC(C)(C)[Si](C)(C)OCC(COC(=O)O)O[Si](C)(C)C(C)(C)C. The molecule has 1 N–H and O–H groups in total. The van der Waals surface area contributed by atoms with Crippen LogP contribution in [0.3, 0.4) is 0 Å². The Balaban J connectivity index is 5.00. The zero-order valence-electron chi connectivity index (χ0n) is 16.6. The largest absolute Gasteiger partial charge is 0.505 e. The summed E-state index contributed by atoms with van der Waals surface area (Å²) in [6.07, 6.45) is -1.64. The van der Waals surface area contributed by atoms with Crippen molar-refractivity contribution in [2.24, 2.45) is 0 Å². The fourth-order valence-electron chi connectivity index (χ4n) is 1.39. The minimum Gasteiger partial charge on any atom is -0.450 e. The molecule has 1 atom stereocenters. The van der Waals surface area contributed by atoms with Crippen molar-refractivity contribution < 1.29 is 23.5 Å². The molecule has 0 radical (unpaired) electrons. The molecule has 0 aliphatic heterocycles. The fraction of sp³-hybridized carbons (Fsp3) is 0.938. The van der Waals surface area contributed by atoms with Crippen LogP contribution in [0.5, 0.6) is 0 Å². The lowest BCUT2D eigenvalue weighted by Crippen LogP contribution is -2.49. The topological polar surface area (TPSA) is 65.0 Å². The molecule has 0 rings (SSSR count). The summed E-state index contributed by atoms with van der Waals surface area (Å²) in [7, 11) is -3.93. The van der Waals surface area contributed by atoms with E-state index in [4.69, 9.17) is 18.7 Å². The van der Waals surface area contributed by atoms with Gasteiger partial charge in [-0.25, -0.2) is 4.79 Å². The van der Waals surface area contributed by atoms with Crippen LogP contribution in [-0.4, -0.2) is 47.2 Å². The lowest BCUT2D eigenvalue weighted by atomic mass is 10.2. The second-order valence-electron chi connectivity index (χ2n) is 9.15. The first-order valence-electron chi connectivity index (χ1n) is 8.17. The minimum atomic E-state index is -2.02. The van der Waals surface area contributed by atoms with Gasteiger partial charge in [0, 0.05) is 0 Å². The monoisotopic (exact) mass is 364 g/mol. The van der Waals surface area contributed by atoms with Crippen LogP contribution in [0.15, 0.2) is 0 Å². The molecule has 0 heterocycles. The van der Waals surface area contributed by atoms with Gasteiger partial charge in [0.2, 0.25) is 0 Å². The Morgan fingerprint density at radius 2 is 1.35 bits per heavy atom. The fourth-order valence-corrected chi connectivity index (χ4v) is 3.75. The Labute approximate surface area is 144 Å². The van der Waals surface area contributed by atoms with Gasteiger partial charge in [-0.1, -0.05) is 41.5 Å². The van der Waals surface area contributed by atoms with E-state index in [1.807, 2.05) is 0 Å². The molecule has 0 saturated heterocycles. The standard InChI is InChI=1S/C16H36O5Si2/c1-15(2,3)22(7,8)20-12-13(11-19-14(17)18)21-23(9,10)16(4,5)6/h13H,11-12H2,1-10H3,(H,17,18). The normalized spacial score (nSPS) is 15.4. The first-order valence-corrected chi connectivity index (χ1v) is 14.0. The Kier molecular flexibility index (Phi) is 7.55. The van der Waals surface area contributed by atoms with Crippen LogP contribution in [0.1, 0.15) is 41.5 Å². The maximum atomic E-state index is 10.7. The molecule has 0 aliphatic carbocycles. The molecule has 0 aromatic carbocycles. The van der Waals surface area contributed by atoms with E-state index in [1.165, 1.54) is 0 Å². The van der Waals surface area contributed by atoms with E-state index in [9.17, 15) is 4.79 Å². The second-order valence-corrected chi connectivity index (χ2v) is 18.7. The molecule has 0 fully saturated rings. The van der Waals surface area contributed by atoms with Crippen molar-refractivity contribution in [1.82, 2.24) is 0 Å². The summed E-state index contributed by atoms with van der Waals surface area (Å²) in [5, 5.41) is 8.93. The summed E-state index contributed by atoms with van der Waals surface area (Å²) in [6.45, 7) is 22.0. The Morgan fingerprint density at radius 3 is 1.70 bits per heavy atom. The van der Waals surface area contributed by atoms with Gasteiger partial charge in [0.1, 0.15) is 12.7 Å². The molecule has 0 amide bonds. The molecule has 0 aromatic rings. The van der Waals surface area contributed by atoms with Crippen molar-refractivity contribution in [2.45, 2.75) is 83.9 Å². The number of rotatable bonds is 7. The summed E-state index contributed by atoms with van der Waals surface area (Å²) in [4.78, 5) is 10.7. The molecule has 0 saturated carbocycles. The van der Waals surface area contributed by atoms with Crippen LogP contribution < -0.4 is 0 Å². The third-order valence-corrected chi connectivity index (χ3v) is 14.1. The molecular formula is C16H36O5Si2. The summed E-state index contributed by atoms with van der Waals surface area (Å²) in [5.41, 5.74) is 0. The predicted octanol–water partition coefficient (Wildman–Crippen LogP) is 5.09. The van der Waals surface area contributed by atoms with Crippen molar-refractivity contribution in [3.05, 3.63) is 0 Å². The number of hydrogen-bond acceptors (Lipinski definition) is 4. The highest BCUT2D eigenvalue weighted by molar-refractivity contribution is 6.74. The molecule has 138 valence electrons. The van der Waals surface area contributed by atoms with Gasteiger partial charge in [-0.3, -0.25) is 0 Å². The van der Waals surface area contributed by atoms with E-state index >= 15 is 0 Å². The highest BCUT2D eigenvalue weighted by Crippen LogP contribution is 2.39. The summed E-state index contributed by atoms with van der Waals surface area (Å²) in [5.74, 6) is 0. The van der Waals surface area contributed by atoms with Crippen molar-refractivity contribution in [1.29, 1.82) is 0 Å². The molecule has 1 unspecified atom stereocenters. The van der Waals surface area contributed by atoms with Gasteiger partial charge in [-0.15, -0.1) is 0 Å². The summed E-state index contributed by atoms with van der Waals surface area (Å²) < 4.78 is 17.3. The summed E-state index contributed by atoms with van der Waals surface area (Å²) >= 11 is 0. The lowest BCUT2D eigenvalue weighted by Gasteiger charge is -2.41. The average molecular weight is 365 g/mol. The van der Waals surface area contributed by atoms with E-state index in [1.54, 1.807) is 0 Å². The van der Waals surface area contributed by atoms with Gasteiger partial charge in [0.15, 0.2) is 16.6 Å². The highest BCUT2D eigenvalue weighted by Gasteiger charge is 2.41. The Morgan fingerprint density at radius 1 is 0.913 bits per heavy atom. The molecule has 0 aliphatic rings. The lowest BCUT2D eigenvalue weighted by molar-refractivity contribution is 0.0227. The van der Waals surface area contributed by atoms with Gasteiger partial charge in [0.05, 0.1) is 6.61 Å². The third kappa shape index (κ3) is 7.37. The van der Waals surface area contributed by atoms with E-state index < -0.39 is 22.8 Å². The van der Waals surface area contributed by atoms with E-state index in [0.717, 1.165) is 0 Å². The zero-order chi connectivity index (χ0) is 18.7. The quantitative estimate of drug-likeness (QED) is 0.503. The predicted molar refractivity (Wildman–Crippen MR) is 99.2 cm³/mol. The third-order valence-electron chi connectivity index (χ3n) is 5.10. The number of hydrogen-bond donors (Lipinski definition) is 1. The summed E-state index contributed by atoms with van der Waals surface area (Å²) in [6, 6.07) is 0. The second kappa shape index (κ2) is 7.67. The number of ether oxygens (including phenoxy) is 1. The minimum absolute atomic E-state index is 0.0104. The van der Waals surface area contributed by atoms with Crippen molar-refractivity contribution in [3.63, 3.8) is 0 Å². The maximum Gasteiger partial charge on any atom is 0.505 e. The average Bonchev–Trinajstić information content (AvgIpc) is 2.29. The molecule has 5 nitrogen and oxygen atoms in total. The maximum absolute atomic E-state index is 10.7. The molecule has 23 heavy (non-hydrogen) atoms. The van der Waals surface area contributed by atoms with E-state index in [2.05, 4.69) is 67.7 Å². The van der Waals surface area contributed by atoms with Crippen molar-refractivity contribution in [3.8, 4) is 0 Å². The van der Waals surface area contributed by atoms with Crippen LogP contribution >= 0.6 is 0 Å². The van der Waals surface area contributed by atoms with Crippen LogP contribution in [-0.2, 0) is 13.6 Å². The molecule has 0 aromatic heterocycles.